The second-order valence-electron chi connectivity index (χ2n) is 3.92. The van der Waals surface area contributed by atoms with Crippen LogP contribution in [0.5, 0.6) is 5.75 Å². The van der Waals surface area contributed by atoms with Crippen molar-refractivity contribution in [2.24, 2.45) is 5.92 Å². The molecule has 1 aromatic rings. The van der Waals surface area contributed by atoms with Gasteiger partial charge in [0.05, 0.1) is 12.5 Å². The number of benzene rings is 1. The largest absolute Gasteiger partial charge is 0.508 e. The van der Waals surface area contributed by atoms with Crippen LogP contribution in [-0.2, 0) is 22.4 Å². The van der Waals surface area contributed by atoms with Gasteiger partial charge in [0.1, 0.15) is 5.75 Å². The van der Waals surface area contributed by atoms with Crippen molar-refractivity contribution in [2.45, 2.75) is 19.8 Å². The molecule has 3 nitrogen and oxygen atoms in total. The fourth-order valence-electron chi connectivity index (χ4n) is 2.10. The molecule has 1 unspecified atom stereocenters. The molecule has 1 atom stereocenters. The Labute approximate surface area is 99.0 Å². The van der Waals surface area contributed by atoms with E-state index in [9.17, 15) is 9.90 Å². The number of carbonyl (C=O) groups excluding carboxylic acids is 1. The third-order valence-corrected chi connectivity index (χ3v) is 3.15. The third kappa shape index (κ3) is 2.00. The lowest BCUT2D eigenvalue weighted by Crippen LogP contribution is -2.17. The quantitative estimate of drug-likeness (QED) is 0.807. The first kappa shape index (κ1) is 11.3. The first-order valence-electron chi connectivity index (χ1n) is 5.28. The van der Waals surface area contributed by atoms with Crippen LogP contribution in [0.15, 0.2) is 12.1 Å². The van der Waals surface area contributed by atoms with E-state index in [-0.39, 0.29) is 17.6 Å². The molecule has 0 bridgehead atoms. The molecule has 0 saturated carbocycles. The molecule has 2 rings (SSSR count). The Morgan fingerprint density at radius 1 is 1.56 bits per heavy atom. The van der Waals surface area contributed by atoms with E-state index in [0.717, 1.165) is 11.1 Å². The molecule has 1 aromatic carbocycles. The Kier molecular flexibility index (Phi) is 3.06. The number of halogens is 1. The molecule has 0 aromatic heterocycles. The highest BCUT2D eigenvalue weighted by molar-refractivity contribution is 6.31. The predicted octanol–water partition coefficient (Wildman–Crippen LogP) is 2.32. The van der Waals surface area contributed by atoms with E-state index < -0.39 is 0 Å². The lowest BCUT2D eigenvalue weighted by Gasteiger charge is -2.07. The smallest absolute Gasteiger partial charge is 0.309 e. The standard InChI is InChI=1S/C12H13ClO3/c1-2-16-12(15)8-3-7-4-9(14)6-11(13)10(7)5-8/h4,6,8,14H,2-3,5H2,1H3. The predicted molar refractivity (Wildman–Crippen MR) is 60.6 cm³/mol. The average molecular weight is 241 g/mol. The molecule has 86 valence electrons. The molecule has 16 heavy (non-hydrogen) atoms. The zero-order valence-electron chi connectivity index (χ0n) is 9.00. The number of esters is 1. The molecule has 1 N–H and O–H groups in total. The molecular weight excluding hydrogens is 228 g/mol. The van der Waals surface area contributed by atoms with Crippen LogP contribution in [0.3, 0.4) is 0 Å². The number of carbonyl (C=O) groups is 1. The molecule has 0 radical (unpaired) electrons. The number of hydrogen-bond donors (Lipinski definition) is 1. The molecular formula is C12H13ClO3. The van der Waals surface area contributed by atoms with Crippen molar-refractivity contribution < 1.29 is 14.6 Å². The van der Waals surface area contributed by atoms with Gasteiger partial charge in [0.25, 0.3) is 0 Å². The van der Waals surface area contributed by atoms with E-state index in [1.54, 1.807) is 13.0 Å². The van der Waals surface area contributed by atoms with E-state index in [2.05, 4.69) is 0 Å². The number of rotatable bonds is 2. The minimum Gasteiger partial charge on any atom is -0.508 e. The summed E-state index contributed by atoms with van der Waals surface area (Å²) in [7, 11) is 0. The molecule has 0 aliphatic heterocycles. The van der Waals surface area contributed by atoms with Crippen LogP contribution in [0.25, 0.3) is 0 Å². The normalized spacial score (nSPS) is 18.2. The van der Waals surface area contributed by atoms with Gasteiger partial charge in [0, 0.05) is 5.02 Å². The monoisotopic (exact) mass is 240 g/mol. The maximum atomic E-state index is 11.6. The molecule has 1 aliphatic rings. The number of ether oxygens (including phenoxy) is 1. The van der Waals surface area contributed by atoms with Crippen LogP contribution in [0.4, 0.5) is 0 Å². The second kappa shape index (κ2) is 4.34. The van der Waals surface area contributed by atoms with E-state index in [1.165, 1.54) is 6.07 Å². The van der Waals surface area contributed by atoms with Crippen LogP contribution in [0, 0.1) is 5.92 Å². The maximum absolute atomic E-state index is 11.6. The van der Waals surface area contributed by atoms with Crippen LogP contribution in [0.2, 0.25) is 5.02 Å². The van der Waals surface area contributed by atoms with E-state index in [4.69, 9.17) is 16.3 Å². The lowest BCUT2D eigenvalue weighted by atomic mass is 10.1. The Bertz CT molecular complexity index is 429. The zero-order chi connectivity index (χ0) is 11.7. The summed E-state index contributed by atoms with van der Waals surface area (Å²) in [6, 6.07) is 3.17. The van der Waals surface area contributed by atoms with E-state index in [0.29, 0.717) is 24.5 Å². The van der Waals surface area contributed by atoms with Crippen LogP contribution in [-0.4, -0.2) is 17.7 Å². The Morgan fingerprint density at radius 3 is 3.00 bits per heavy atom. The lowest BCUT2D eigenvalue weighted by molar-refractivity contribution is -0.147. The van der Waals surface area contributed by atoms with Crippen LogP contribution < -0.4 is 0 Å². The number of phenolic OH excluding ortho intramolecular Hbond substituents is 1. The van der Waals surface area contributed by atoms with Crippen molar-refractivity contribution in [2.75, 3.05) is 6.61 Å². The highest BCUT2D eigenvalue weighted by atomic mass is 35.5. The minimum absolute atomic E-state index is 0.147. The summed E-state index contributed by atoms with van der Waals surface area (Å²) in [4.78, 5) is 11.6. The van der Waals surface area contributed by atoms with Crippen molar-refractivity contribution in [1.29, 1.82) is 0 Å². The fourth-order valence-corrected chi connectivity index (χ4v) is 2.41. The Balaban J connectivity index is 2.21. The summed E-state index contributed by atoms with van der Waals surface area (Å²) in [5, 5.41) is 9.93. The SMILES string of the molecule is CCOC(=O)C1Cc2cc(O)cc(Cl)c2C1. The summed E-state index contributed by atoms with van der Waals surface area (Å²) in [6.45, 7) is 2.18. The number of aromatic hydroxyl groups is 1. The Hall–Kier alpha value is -1.22. The van der Waals surface area contributed by atoms with Crippen LogP contribution >= 0.6 is 11.6 Å². The van der Waals surface area contributed by atoms with Crippen LogP contribution in [0.1, 0.15) is 18.1 Å². The summed E-state index contributed by atoms with van der Waals surface area (Å²) in [6.07, 6.45) is 1.20. The maximum Gasteiger partial charge on any atom is 0.309 e. The number of fused-ring (bicyclic) bond motifs is 1. The third-order valence-electron chi connectivity index (χ3n) is 2.81. The number of phenols is 1. The highest BCUT2D eigenvalue weighted by Gasteiger charge is 2.30. The van der Waals surface area contributed by atoms with Crippen molar-refractivity contribution in [3.8, 4) is 5.75 Å². The summed E-state index contributed by atoms with van der Waals surface area (Å²) < 4.78 is 4.98. The molecule has 0 spiro atoms. The van der Waals surface area contributed by atoms with Gasteiger partial charge in [-0.25, -0.2) is 0 Å². The highest BCUT2D eigenvalue weighted by Crippen LogP contribution is 2.35. The van der Waals surface area contributed by atoms with Crippen molar-refractivity contribution in [3.63, 3.8) is 0 Å². The van der Waals surface area contributed by atoms with Crippen molar-refractivity contribution >= 4 is 17.6 Å². The number of hydrogen-bond acceptors (Lipinski definition) is 3. The summed E-state index contributed by atoms with van der Waals surface area (Å²) >= 11 is 6.01. The van der Waals surface area contributed by atoms with Gasteiger partial charge in [-0.1, -0.05) is 11.6 Å². The van der Waals surface area contributed by atoms with Gasteiger partial charge >= 0.3 is 5.97 Å². The van der Waals surface area contributed by atoms with E-state index >= 15 is 0 Å². The molecule has 0 heterocycles. The summed E-state index contributed by atoms with van der Waals surface area (Å²) in [5.41, 5.74) is 1.90. The van der Waals surface area contributed by atoms with E-state index in [1.807, 2.05) is 0 Å². The molecule has 0 amide bonds. The van der Waals surface area contributed by atoms with Crippen molar-refractivity contribution in [3.05, 3.63) is 28.3 Å². The topological polar surface area (TPSA) is 46.5 Å². The van der Waals surface area contributed by atoms with Gasteiger partial charge in [-0.05, 0) is 43.0 Å². The first-order chi connectivity index (χ1) is 7.61. The van der Waals surface area contributed by atoms with Gasteiger partial charge in [-0.3, -0.25) is 4.79 Å². The molecule has 4 heteroatoms. The first-order valence-corrected chi connectivity index (χ1v) is 5.66. The molecule has 0 saturated heterocycles. The van der Waals surface area contributed by atoms with Gasteiger partial charge in [0.2, 0.25) is 0 Å². The van der Waals surface area contributed by atoms with Gasteiger partial charge in [-0.15, -0.1) is 0 Å². The minimum atomic E-state index is -0.186. The molecule has 0 fully saturated rings. The van der Waals surface area contributed by atoms with Gasteiger partial charge in [-0.2, -0.15) is 0 Å². The molecule has 1 aliphatic carbocycles. The van der Waals surface area contributed by atoms with Crippen molar-refractivity contribution in [1.82, 2.24) is 0 Å². The Morgan fingerprint density at radius 2 is 2.31 bits per heavy atom. The average Bonchev–Trinajstić information content (AvgIpc) is 2.62. The summed E-state index contributed by atoms with van der Waals surface area (Å²) in [5.74, 6) is -0.197. The van der Waals surface area contributed by atoms with Gasteiger partial charge in [0.15, 0.2) is 0 Å². The zero-order valence-corrected chi connectivity index (χ0v) is 9.75. The fraction of sp³-hybridized carbons (Fsp3) is 0.417. The van der Waals surface area contributed by atoms with Gasteiger partial charge < -0.3 is 9.84 Å². The second-order valence-corrected chi connectivity index (χ2v) is 4.33.